The van der Waals surface area contributed by atoms with Crippen LogP contribution < -0.4 is 11.1 Å². The molecule has 0 aliphatic rings. The third kappa shape index (κ3) is 3.83. The van der Waals surface area contributed by atoms with Gasteiger partial charge in [-0.05, 0) is 36.6 Å². The zero-order valence-corrected chi connectivity index (χ0v) is 12.0. The fourth-order valence-electron chi connectivity index (χ4n) is 1.92. The van der Waals surface area contributed by atoms with Crippen molar-refractivity contribution in [2.24, 2.45) is 5.73 Å². The van der Waals surface area contributed by atoms with E-state index in [4.69, 9.17) is 17.3 Å². The quantitative estimate of drug-likeness (QED) is 0.908. The van der Waals surface area contributed by atoms with Gasteiger partial charge in [0.15, 0.2) is 0 Å². The van der Waals surface area contributed by atoms with Gasteiger partial charge in [0.25, 0.3) is 0 Å². The Kier molecular flexibility index (Phi) is 4.77. The summed E-state index contributed by atoms with van der Waals surface area (Å²) in [6.45, 7) is 1.91. The van der Waals surface area contributed by atoms with Crippen molar-refractivity contribution in [2.75, 3.05) is 5.32 Å². The summed E-state index contributed by atoms with van der Waals surface area (Å²) in [6.07, 6.45) is 0.506. The van der Waals surface area contributed by atoms with Crippen LogP contribution in [0.25, 0.3) is 0 Å². The number of nitrogens with one attached hydrogen (secondary N) is 1. The molecule has 2 rings (SSSR count). The zero-order valence-electron chi connectivity index (χ0n) is 11.3. The van der Waals surface area contributed by atoms with E-state index in [1.807, 2.05) is 43.3 Å². The number of hydrogen-bond donors (Lipinski definition) is 2. The second-order valence-electron chi connectivity index (χ2n) is 4.74. The normalized spacial score (nSPS) is 11.9. The average molecular weight is 289 g/mol. The number of hydrogen-bond acceptors (Lipinski definition) is 2. The minimum Gasteiger partial charge on any atom is -0.324 e. The minimum absolute atomic E-state index is 0.209. The van der Waals surface area contributed by atoms with Gasteiger partial charge in [0.05, 0.1) is 6.04 Å². The molecule has 0 aromatic heterocycles. The van der Waals surface area contributed by atoms with Gasteiger partial charge < -0.3 is 11.1 Å². The highest BCUT2D eigenvalue weighted by Gasteiger charge is 2.15. The largest absolute Gasteiger partial charge is 0.324 e. The molecule has 0 bridgehead atoms. The average Bonchev–Trinajstić information content (AvgIpc) is 2.44. The van der Waals surface area contributed by atoms with Gasteiger partial charge in [0, 0.05) is 10.7 Å². The van der Waals surface area contributed by atoms with Crippen LogP contribution in [0.2, 0.25) is 5.02 Å². The molecule has 2 aromatic carbocycles. The zero-order chi connectivity index (χ0) is 14.5. The molecule has 0 heterocycles. The standard InChI is InChI=1S/C16H17ClN2O/c1-11-7-8-13(17)10-15(11)19-16(20)14(18)9-12-5-3-2-4-6-12/h2-8,10,14H,9,18H2,1H3,(H,19,20)/t14-/m0/s1. The molecule has 0 spiro atoms. The van der Waals surface area contributed by atoms with E-state index >= 15 is 0 Å². The van der Waals surface area contributed by atoms with Gasteiger partial charge in [-0.15, -0.1) is 0 Å². The molecule has 4 heteroatoms. The lowest BCUT2D eigenvalue weighted by Crippen LogP contribution is -2.37. The van der Waals surface area contributed by atoms with Gasteiger partial charge in [-0.2, -0.15) is 0 Å². The fourth-order valence-corrected chi connectivity index (χ4v) is 2.09. The maximum Gasteiger partial charge on any atom is 0.241 e. The SMILES string of the molecule is Cc1ccc(Cl)cc1NC(=O)[C@@H](N)Cc1ccccc1. The maximum atomic E-state index is 12.1. The van der Waals surface area contributed by atoms with Crippen LogP contribution in [-0.4, -0.2) is 11.9 Å². The summed E-state index contributed by atoms with van der Waals surface area (Å²) in [5, 5.41) is 3.41. The van der Waals surface area contributed by atoms with Crippen molar-refractivity contribution in [3.63, 3.8) is 0 Å². The lowest BCUT2D eigenvalue weighted by molar-refractivity contribution is -0.117. The third-order valence-corrected chi connectivity index (χ3v) is 3.33. The molecule has 0 unspecified atom stereocenters. The summed E-state index contributed by atoms with van der Waals surface area (Å²) in [5.41, 5.74) is 8.63. The Bertz CT molecular complexity index is 599. The Morgan fingerprint density at radius 3 is 2.65 bits per heavy atom. The van der Waals surface area contributed by atoms with Gasteiger partial charge in [0.2, 0.25) is 5.91 Å². The number of carbonyl (C=O) groups is 1. The Balaban J connectivity index is 2.02. The Morgan fingerprint density at radius 2 is 1.95 bits per heavy atom. The predicted octanol–water partition coefficient (Wildman–Crippen LogP) is 3.16. The van der Waals surface area contributed by atoms with Crippen LogP contribution in [0, 0.1) is 6.92 Å². The number of rotatable bonds is 4. The molecule has 0 saturated carbocycles. The number of benzene rings is 2. The number of anilines is 1. The first kappa shape index (κ1) is 14.6. The molecule has 3 nitrogen and oxygen atoms in total. The van der Waals surface area contributed by atoms with Crippen molar-refractivity contribution in [1.29, 1.82) is 0 Å². The number of aryl methyl sites for hydroxylation is 1. The van der Waals surface area contributed by atoms with Gasteiger partial charge in [-0.3, -0.25) is 4.79 Å². The van der Waals surface area contributed by atoms with Crippen LogP contribution in [0.5, 0.6) is 0 Å². The molecular weight excluding hydrogens is 272 g/mol. The highest BCUT2D eigenvalue weighted by molar-refractivity contribution is 6.31. The van der Waals surface area contributed by atoms with E-state index in [0.29, 0.717) is 17.1 Å². The minimum atomic E-state index is -0.587. The Labute approximate surface area is 123 Å². The highest BCUT2D eigenvalue weighted by atomic mass is 35.5. The molecule has 0 saturated heterocycles. The van der Waals surface area contributed by atoms with E-state index in [-0.39, 0.29) is 5.91 Å². The number of amides is 1. The van der Waals surface area contributed by atoms with Crippen molar-refractivity contribution >= 4 is 23.2 Å². The summed E-state index contributed by atoms with van der Waals surface area (Å²) >= 11 is 5.93. The molecule has 0 radical (unpaired) electrons. The van der Waals surface area contributed by atoms with Crippen molar-refractivity contribution in [3.05, 3.63) is 64.7 Å². The first-order valence-electron chi connectivity index (χ1n) is 6.43. The molecule has 3 N–H and O–H groups in total. The van der Waals surface area contributed by atoms with E-state index in [1.165, 1.54) is 0 Å². The van der Waals surface area contributed by atoms with E-state index in [2.05, 4.69) is 5.32 Å². The fraction of sp³-hybridized carbons (Fsp3) is 0.188. The lowest BCUT2D eigenvalue weighted by Gasteiger charge is -2.14. The molecule has 0 aliphatic carbocycles. The number of halogens is 1. The molecule has 0 aliphatic heterocycles. The van der Waals surface area contributed by atoms with Crippen LogP contribution in [0.1, 0.15) is 11.1 Å². The molecular formula is C16H17ClN2O. The summed E-state index contributed by atoms with van der Waals surface area (Å²) in [6, 6.07) is 14.5. The maximum absolute atomic E-state index is 12.1. The molecule has 1 atom stereocenters. The summed E-state index contributed by atoms with van der Waals surface area (Å²) < 4.78 is 0. The predicted molar refractivity (Wildman–Crippen MR) is 82.9 cm³/mol. The monoisotopic (exact) mass is 288 g/mol. The smallest absolute Gasteiger partial charge is 0.241 e. The summed E-state index contributed by atoms with van der Waals surface area (Å²) in [7, 11) is 0. The second-order valence-corrected chi connectivity index (χ2v) is 5.18. The van der Waals surface area contributed by atoms with Gasteiger partial charge in [0.1, 0.15) is 0 Å². The lowest BCUT2D eigenvalue weighted by atomic mass is 10.1. The van der Waals surface area contributed by atoms with Crippen LogP contribution >= 0.6 is 11.6 Å². The third-order valence-electron chi connectivity index (χ3n) is 3.09. The second kappa shape index (κ2) is 6.55. The van der Waals surface area contributed by atoms with Crippen LogP contribution in [0.15, 0.2) is 48.5 Å². The first-order chi connectivity index (χ1) is 9.56. The molecule has 1 amide bonds. The van der Waals surface area contributed by atoms with Crippen LogP contribution in [-0.2, 0) is 11.2 Å². The highest BCUT2D eigenvalue weighted by Crippen LogP contribution is 2.20. The van der Waals surface area contributed by atoms with Crippen molar-refractivity contribution in [2.45, 2.75) is 19.4 Å². The first-order valence-corrected chi connectivity index (χ1v) is 6.80. The van der Waals surface area contributed by atoms with E-state index in [9.17, 15) is 4.79 Å². The molecule has 0 fully saturated rings. The van der Waals surface area contributed by atoms with E-state index in [0.717, 1.165) is 11.1 Å². The summed E-state index contributed by atoms with van der Waals surface area (Å²) in [4.78, 5) is 12.1. The molecule has 2 aromatic rings. The van der Waals surface area contributed by atoms with E-state index in [1.54, 1.807) is 12.1 Å². The van der Waals surface area contributed by atoms with Gasteiger partial charge >= 0.3 is 0 Å². The van der Waals surface area contributed by atoms with Crippen LogP contribution in [0.3, 0.4) is 0 Å². The van der Waals surface area contributed by atoms with Gasteiger partial charge in [-0.1, -0.05) is 48.0 Å². The van der Waals surface area contributed by atoms with Crippen molar-refractivity contribution in [1.82, 2.24) is 0 Å². The van der Waals surface area contributed by atoms with Crippen molar-refractivity contribution < 1.29 is 4.79 Å². The Hall–Kier alpha value is -1.84. The topological polar surface area (TPSA) is 55.1 Å². The van der Waals surface area contributed by atoms with Gasteiger partial charge in [-0.25, -0.2) is 0 Å². The Morgan fingerprint density at radius 1 is 1.25 bits per heavy atom. The molecule has 104 valence electrons. The van der Waals surface area contributed by atoms with Crippen molar-refractivity contribution in [3.8, 4) is 0 Å². The number of nitrogens with two attached hydrogens (primary N) is 1. The summed E-state index contributed by atoms with van der Waals surface area (Å²) in [5.74, 6) is -0.209. The van der Waals surface area contributed by atoms with E-state index < -0.39 is 6.04 Å². The van der Waals surface area contributed by atoms with Crippen LogP contribution in [0.4, 0.5) is 5.69 Å². The number of carbonyl (C=O) groups excluding carboxylic acids is 1. The molecule has 20 heavy (non-hydrogen) atoms.